The van der Waals surface area contributed by atoms with Crippen molar-refractivity contribution in [2.45, 2.75) is 26.2 Å². The van der Waals surface area contributed by atoms with Crippen molar-refractivity contribution in [3.05, 3.63) is 57.5 Å². The number of anilines is 1. The molecule has 0 atom stereocenters. The summed E-state index contributed by atoms with van der Waals surface area (Å²) >= 11 is 13.8. The van der Waals surface area contributed by atoms with Gasteiger partial charge in [-0.25, -0.2) is 4.98 Å². The maximum atomic E-state index is 12.5. The highest BCUT2D eigenvalue weighted by Crippen LogP contribution is 2.29. The van der Waals surface area contributed by atoms with Crippen LogP contribution in [0.4, 0.5) is 5.69 Å². The van der Waals surface area contributed by atoms with Crippen LogP contribution in [0, 0.1) is 0 Å². The molecular weight excluding hydrogens is 429 g/mol. The van der Waals surface area contributed by atoms with E-state index in [9.17, 15) is 9.59 Å². The molecule has 0 aliphatic rings. The van der Waals surface area contributed by atoms with Gasteiger partial charge in [0.15, 0.2) is 0 Å². The van der Waals surface area contributed by atoms with Crippen LogP contribution in [-0.4, -0.2) is 34.8 Å². The van der Waals surface area contributed by atoms with Crippen molar-refractivity contribution in [1.82, 2.24) is 9.88 Å². The lowest BCUT2D eigenvalue weighted by Crippen LogP contribution is -2.37. The number of rotatable bonds is 8. The first-order valence-corrected chi connectivity index (χ1v) is 10.9. The predicted molar refractivity (Wildman–Crippen MR) is 120 cm³/mol. The third-order valence-corrected chi connectivity index (χ3v) is 6.14. The largest absolute Gasteiger partial charge is 0.334 e. The minimum Gasteiger partial charge on any atom is -0.334 e. The van der Waals surface area contributed by atoms with Gasteiger partial charge in [0, 0.05) is 13.0 Å². The number of carbonyl (C=O) groups is 2. The van der Waals surface area contributed by atoms with Gasteiger partial charge >= 0.3 is 0 Å². The van der Waals surface area contributed by atoms with Gasteiger partial charge < -0.3 is 10.2 Å². The van der Waals surface area contributed by atoms with E-state index < -0.39 is 0 Å². The lowest BCUT2D eigenvalue weighted by Gasteiger charge is -2.20. The van der Waals surface area contributed by atoms with E-state index in [4.69, 9.17) is 23.2 Å². The summed E-state index contributed by atoms with van der Waals surface area (Å²) < 4.78 is 1.15. The second-order valence-corrected chi connectivity index (χ2v) is 8.41. The zero-order valence-corrected chi connectivity index (χ0v) is 18.3. The van der Waals surface area contributed by atoms with E-state index in [0.29, 0.717) is 35.1 Å². The van der Waals surface area contributed by atoms with Crippen LogP contribution >= 0.6 is 34.5 Å². The SMILES string of the molecule is CCN(CC(=O)Nc1c(Cl)cccc1Cl)C(=O)CCCc1nc2ccccc2s1. The van der Waals surface area contributed by atoms with Crippen LogP contribution in [0.1, 0.15) is 24.8 Å². The highest BCUT2D eigenvalue weighted by atomic mass is 35.5. The van der Waals surface area contributed by atoms with Crippen molar-refractivity contribution in [1.29, 1.82) is 0 Å². The highest BCUT2D eigenvalue weighted by Gasteiger charge is 2.17. The first kappa shape index (κ1) is 21.6. The number of likely N-dealkylation sites (N-methyl/N-ethyl adjacent to an activating group) is 1. The second-order valence-electron chi connectivity index (χ2n) is 6.48. The van der Waals surface area contributed by atoms with Crippen LogP contribution in [0.5, 0.6) is 0 Å². The normalized spacial score (nSPS) is 10.9. The standard InChI is InChI=1S/C21H21Cl2N3O2S/c1-2-26(13-18(27)25-21-14(22)7-5-8-15(21)23)20(28)12-6-11-19-24-16-9-3-4-10-17(16)29-19/h3-5,7-10H,2,6,11-13H2,1H3,(H,25,27). The number of hydrogen-bond acceptors (Lipinski definition) is 4. The monoisotopic (exact) mass is 449 g/mol. The summed E-state index contributed by atoms with van der Waals surface area (Å²) in [6, 6.07) is 13.0. The van der Waals surface area contributed by atoms with E-state index in [1.165, 1.54) is 4.90 Å². The lowest BCUT2D eigenvalue weighted by atomic mass is 10.2. The van der Waals surface area contributed by atoms with Crippen LogP contribution in [-0.2, 0) is 16.0 Å². The van der Waals surface area contributed by atoms with Crippen LogP contribution in [0.2, 0.25) is 10.0 Å². The van der Waals surface area contributed by atoms with E-state index >= 15 is 0 Å². The molecule has 0 radical (unpaired) electrons. The van der Waals surface area contributed by atoms with Gasteiger partial charge in [-0.05, 0) is 44.0 Å². The van der Waals surface area contributed by atoms with E-state index in [0.717, 1.165) is 21.6 Å². The Labute approximate surface area is 183 Å². The summed E-state index contributed by atoms with van der Waals surface area (Å²) in [6.45, 7) is 2.25. The molecule has 1 N–H and O–H groups in total. The van der Waals surface area contributed by atoms with E-state index in [1.807, 2.05) is 31.2 Å². The number of fused-ring (bicyclic) bond motifs is 1. The summed E-state index contributed by atoms with van der Waals surface area (Å²) in [5.74, 6) is -0.393. The van der Waals surface area contributed by atoms with Crippen molar-refractivity contribution in [3.63, 3.8) is 0 Å². The number of carbonyl (C=O) groups excluding carboxylic acids is 2. The summed E-state index contributed by atoms with van der Waals surface area (Å²) in [5.41, 5.74) is 1.35. The molecular formula is C21H21Cl2N3O2S. The Kier molecular flexibility index (Phi) is 7.47. The maximum Gasteiger partial charge on any atom is 0.244 e. The molecule has 29 heavy (non-hydrogen) atoms. The molecule has 1 aromatic heterocycles. The topological polar surface area (TPSA) is 62.3 Å². The zero-order valence-electron chi connectivity index (χ0n) is 16.0. The molecule has 8 heteroatoms. The Morgan fingerprint density at radius 2 is 1.83 bits per heavy atom. The maximum absolute atomic E-state index is 12.5. The molecule has 0 fully saturated rings. The first-order chi connectivity index (χ1) is 14.0. The van der Waals surface area contributed by atoms with E-state index in [-0.39, 0.29) is 18.4 Å². The second kappa shape index (κ2) is 10.1. The number of hydrogen-bond donors (Lipinski definition) is 1. The molecule has 0 aliphatic heterocycles. The Morgan fingerprint density at radius 1 is 1.10 bits per heavy atom. The number of nitrogens with one attached hydrogen (secondary N) is 1. The van der Waals surface area contributed by atoms with Gasteiger partial charge in [0.1, 0.15) is 0 Å². The van der Waals surface area contributed by atoms with Gasteiger partial charge in [-0.2, -0.15) is 0 Å². The summed E-state index contributed by atoms with van der Waals surface area (Å²) in [5, 5.41) is 4.43. The first-order valence-electron chi connectivity index (χ1n) is 9.34. The molecule has 1 heterocycles. The Hall–Kier alpha value is -2.15. The van der Waals surface area contributed by atoms with Crippen molar-refractivity contribution in [2.75, 3.05) is 18.4 Å². The van der Waals surface area contributed by atoms with E-state index in [1.54, 1.807) is 29.5 Å². The number of thiazole rings is 1. The fourth-order valence-electron chi connectivity index (χ4n) is 2.92. The average molecular weight is 450 g/mol. The highest BCUT2D eigenvalue weighted by molar-refractivity contribution is 7.18. The molecule has 0 spiro atoms. The Bertz CT molecular complexity index is 969. The molecule has 5 nitrogen and oxygen atoms in total. The van der Waals surface area contributed by atoms with Gasteiger partial charge in [0.25, 0.3) is 0 Å². The molecule has 3 aromatic rings. The number of aryl methyl sites for hydroxylation is 1. The fourth-order valence-corrected chi connectivity index (χ4v) is 4.42. The predicted octanol–water partition coefficient (Wildman–Crippen LogP) is 5.41. The molecule has 152 valence electrons. The molecule has 0 unspecified atom stereocenters. The van der Waals surface area contributed by atoms with Gasteiger partial charge in [-0.1, -0.05) is 41.4 Å². The number of amides is 2. The third kappa shape index (κ3) is 5.69. The molecule has 2 aromatic carbocycles. The molecule has 0 aliphatic carbocycles. The number of benzene rings is 2. The molecule has 3 rings (SSSR count). The summed E-state index contributed by atoms with van der Waals surface area (Å²) in [6.07, 6.45) is 1.79. The van der Waals surface area contributed by atoms with Gasteiger partial charge in [0.2, 0.25) is 11.8 Å². The Morgan fingerprint density at radius 3 is 2.52 bits per heavy atom. The van der Waals surface area contributed by atoms with Gasteiger partial charge in [-0.3, -0.25) is 9.59 Å². The van der Waals surface area contributed by atoms with Crippen LogP contribution in [0.15, 0.2) is 42.5 Å². The zero-order chi connectivity index (χ0) is 20.8. The lowest BCUT2D eigenvalue weighted by molar-refractivity contribution is -0.134. The summed E-state index contributed by atoms with van der Waals surface area (Å²) in [7, 11) is 0. The van der Waals surface area contributed by atoms with Crippen molar-refractivity contribution >= 4 is 62.3 Å². The van der Waals surface area contributed by atoms with Crippen molar-refractivity contribution in [3.8, 4) is 0 Å². The number of nitrogens with zero attached hydrogens (tertiary/aromatic N) is 2. The number of para-hydroxylation sites is 2. The number of halogens is 2. The molecule has 0 saturated carbocycles. The molecule has 0 bridgehead atoms. The quantitative estimate of drug-likeness (QED) is 0.499. The van der Waals surface area contributed by atoms with Crippen LogP contribution in [0.25, 0.3) is 10.2 Å². The third-order valence-electron chi connectivity index (χ3n) is 4.42. The van der Waals surface area contributed by atoms with Crippen molar-refractivity contribution in [2.24, 2.45) is 0 Å². The Balaban J connectivity index is 1.51. The van der Waals surface area contributed by atoms with Crippen LogP contribution < -0.4 is 5.32 Å². The summed E-state index contributed by atoms with van der Waals surface area (Å²) in [4.78, 5) is 31.0. The number of aromatic nitrogens is 1. The van der Waals surface area contributed by atoms with Gasteiger partial charge in [0.05, 0.1) is 37.5 Å². The smallest absolute Gasteiger partial charge is 0.244 e. The minimum atomic E-state index is -0.332. The van der Waals surface area contributed by atoms with Gasteiger partial charge in [-0.15, -0.1) is 11.3 Å². The fraction of sp³-hybridized carbons (Fsp3) is 0.286. The molecule has 2 amide bonds. The minimum absolute atomic E-state index is 0.0436. The van der Waals surface area contributed by atoms with Crippen molar-refractivity contribution < 1.29 is 9.59 Å². The van der Waals surface area contributed by atoms with E-state index in [2.05, 4.69) is 10.3 Å². The molecule has 0 saturated heterocycles. The van der Waals surface area contributed by atoms with Crippen LogP contribution in [0.3, 0.4) is 0 Å². The average Bonchev–Trinajstić information content (AvgIpc) is 3.11.